The third-order valence-electron chi connectivity index (χ3n) is 11.2. The minimum atomic E-state index is -0.684. The van der Waals surface area contributed by atoms with E-state index in [9.17, 15) is 15.0 Å². The van der Waals surface area contributed by atoms with E-state index < -0.39 is 5.97 Å². The first-order valence-corrected chi connectivity index (χ1v) is 18.3. The molecule has 4 nitrogen and oxygen atoms in total. The average molecular weight is 616 g/mol. The van der Waals surface area contributed by atoms with Crippen LogP contribution in [0.5, 0.6) is 0 Å². The van der Waals surface area contributed by atoms with Gasteiger partial charge < -0.3 is 15.9 Å². The molecule has 0 unspecified atom stereocenters. The molecule has 0 spiro atoms. The summed E-state index contributed by atoms with van der Waals surface area (Å²) in [4.78, 5) is 12.3. The second-order valence-electron chi connectivity index (χ2n) is 14.5. The minimum Gasteiger partial charge on any atom is -0.481 e. The number of aryl methyl sites for hydroxylation is 1. The fraction of sp³-hybridized carbons (Fsp3) is 0.634. The molecule has 0 bridgehead atoms. The highest BCUT2D eigenvalue weighted by atomic mass is 16.4. The molecule has 4 N–H and O–H groups in total. The third kappa shape index (κ3) is 12.0. The molecule has 2 aliphatic rings. The van der Waals surface area contributed by atoms with Crippen molar-refractivity contribution >= 4 is 5.97 Å². The van der Waals surface area contributed by atoms with Crippen LogP contribution < -0.4 is 5.73 Å². The summed E-state index contributed by atoms with van der Waals surface area (Å²) in [5.41, 5.74) is 9.05. The molecule has 2 saturated carbocycles. The van der Waals surface area contributed by atoms with Gasteiger partial charge in [-0.15, -0.1) is 0 Å². The summed E-state index contributed by atoms with van der Waals surface area (Å²) in [6.45, 7) is 0.598. The first kappa shape index (κ1) is 35.4. The highest BCUT2D eigenvalue weighted by molar-refractivity contribution is 5.67. The molecule has 248 valence electrons. The van der Waals surface area contributed by atoms with Crippen LogP contribution in [0.3, 0.4) is 0 Å². The molecule has 2 fully saturated rings. The summed E-state index contributed by atoms with van der Waals surface area (Å²) >= 11 is 0. The Hall–Kier alpha value is -2.43. The van der Waals surface area contributed by atoms with Crippen LogP contribution in [-0.2, 0) is 16.6 Å². The number of allylic oxidation sites excluding steroid dienone is 1. The van der Waals surface area contributed by atoms with Gasteiger partial charge in [0.25, 0.3) is 0 Å². The van der Waals surface area contributed by atoms with E-state index in [0.717, 1.165) is 64.2 Å². The van der Waals surface area contributed by atoms with Gasteiger partial charge >= 0.3 is 5.97 Å². The number of carbonyl (C=O) groups is 1. The van der Waals surface area contributed by atoms with E-state index in [0.29, 0.717) is 24.3 Å². The number of aliphatic carboxylic acids is 1. The van der Waals surface area contributed by atoms with Gasteiger partial charge in [0.15, 0.2) is 0 Å². The maximum atomic E-state index is 12.3. The molecular weight excluding hydrogens is 554 g/mol. The number of aliphatic hydroxyl groups excluding tert-OH is 1. The van der Waals surface area contributed by atoms with Crippen LogP contribution in [-0.4, -0.2) is 28.8 Å². The van der Waals surface area contributed by atoms with E-state index in [2.05, 4.69) is 72.8 Å². The van der Waals surface area contributed by atoms with Gasteiger partial charge in [-0.05, 0) is 111 Å². The molecule has 0 saturated heterocycles. The number of carboxylic acid groups (broad SMARTS) is 1. The molecule has 2 aromatic carbocycles. The average Bonchev–Trinajstić information content (AvgIpc) is 3.06. The quantitative estimate of drug-likeness (QED) is 0.137. The maximum absolute atomic E-state index is 12.3. The van der Waals surface area contributed by atoms with E-state index in [1.165, 1.54) is 62.5 Å². The van der Waals surface area contributed by atoms with Crippen LogP contribution in [0.2, 0.25) is 0 Å². The second-order valence-corrected chi connectivity index (χ2v) is 14.5. The molecule has 0 amide bonds. The monoisotopic (exact) mass is 615 g/mol. The number of hydrogen-bond acceptors (Lipinski definition) is 3. The van der Waals surface area contributed by atoms with E-state index >= 15 is 0 Å². The molecular formula is C41H61NO3. The lowest BCUT2D eigenvalue weighted by atomic mass is 9.62. The molecule has 45 heavy (non-hydrogen) atoms. The molecule has 4 heteroatoms. The van der Waals surface area contributed by atoms with E-state index in [1.807, 2.05) is 0 Å². The fourth-order valence-corrected chi connectivity index (χ4v) is 8.71. The van der Waals surface area contributed by atoms with Crippen molar-refractivity contribution in [2.45, 2.75) is 134 Å². The predicted molar refractivity (Wildman–Crippen MR) is 187 cm³/mol. The Morgan fingerprint density at radius 3 is 2.18 bits per heavy atom. The van der Waals surface area contributed by atoms with Gasteiger partial charge in [-0.1, -0.05) is 124 Å². The highest BCUT2D eigenvalue weighted by Crippen LogP contribution is 2.47. The normalized spacial score (nSPS) is 20.0. The zero-order valence-corrected chi connectivity index (χ0v) is 27.8. The minimum absolute atomic E-state index is 0.0659. The fourth-order valence-electron chi connectivity index (χ4n) is 8.71. The largest absolute Gasteiger partial charge is 0.481 e. The van der Waals surface area contributed by atoms with Crippen LogP contribution in [0.25, 0.3) is 0 Å². The zero-order chi connectivity index (χ0) is 31.7. The van der Waals surface area contributed by atoms with Gasteiger partial charge in [-0.3, -0.25) is 4.79 Å². The second kappa shape index (κ2) is 19.3. The van der Waals surface area contributed by atoms with Gasteiger partial charge in [-0.2, -0.15) is 0 Å². The molecule has 0 aromatic heterocycles. The van der Waals surface area contributed by atoms with Crippen molar-refractivity contribution < 1.29 is 15.0 Å². The predicted octanol–water partition coefficient (Wildman–Crippen LogP) is 9.64. The van der Waals surface area contributed by atoms with Crippen LogP contribution in [0.1, 0.15) is 127 Å². The SMILES string of the molecule is NCC[C@H](CC[C@@H](C/C=C\[C@H](O)CC1CCCCC1)CCc1ccccc1)[C@H](CC(=O)O)CC1(c2ccccc2)CCCCC1. The molecule has 2 aromatic rings. The molecule has 0 aliphatic heterocycles. The summed E-state index contributed by atoms with van der Waals surface area (Å²) < 4.78 is 0. The van der Waals surface area contributed by atoms with Crippen molar-refractivity contribution in [1.82, 2.24) is 0 Å². The summed E-state index contributed by atoms with van der Waals surface area (Å²) in [5, 5.41) is 20.9. The van der Waals surface area contributed by atoms with Gasteiger partial charge in [0, 0.05) is 6.42 Å². The first-order chi connectivity index (χ1) is 22.0. The lowest BCUT2D eigenvalue weighted by molar-refractivity contribution is -0.138. The van der Waals surface area contributed by atoms with Crippen molar-refractivity contribution in [2.75, 3.05) is 6.54 Å². The Labute approximate surface area is 273 Å². The van der Waals surface area contributed by atoms with Gasteiger partial charge in [0.05, 0.1) is 6.10 Å². The summed E-state index contributed by atoms with van der Waals surface area (Å²) in [6.07, 6.45) is 24.5. The Balaban J connectivity index is 1.45. The van der Waals surface area contributed by atoms with E-state index in [4.69, 9.17) is 5.73 Å². The summed E-state index contributed by atoms with van der Waals surface area (Å²) in [7, 11) is 0. The molecule has 0 radical (unpaired) electrons. The Morgan fingerprint density at radius 2 is 1.51 bits per heavy atom. The summed E-state index contributed by atoms with van der Waals surface area (Å²) in [6, 6.07) is 21.7. The van der Waals surface area contributed by atoms with Gasteiger partial charge in [0.1, 0.15) is 0 Å². The lowest BCUT2D eigenvalue weighted by Crippen LogP contribution is -2.35. The number of hydrogen-bond donors (Lipinski definition) is 3. The zero-order valence-electron chi connectivity index (χ0n) is 27.8. The number of aliphatic hydroxyl groups is 1. The summed E-state index contributed by atoms with van der Waals surface area (Å²) in [5.74, 6) is 0.892. The van der Waals surface area contributed by atoms with Crippen molar-refractivity contribution in [1.29, 1.82) is 0 Å². The number of benzene rings is 2. The van der Waals surface area contributed by atoms with Crippen molar-refractivity contribution in [3.05, 3.63) is 83.9 Å². The van der Waals surface area contributed by atoms with Crippen molar-refractivity contribution in [2.24, 2.45) is 29.4 Å². The smallest absolute Gasteiger partial charge is 0.303 e. The van der Waals surface area contributed by atoms with Crippen LogP contribution in [0.15, 0.2) is 72.8 Å². The number of rotatable bonds is 19. The molecule has 0 heterocycles. The van der Waals surface area contributed by atoms with Crippen LogP contribution in [0, 0.1) is 23.7 Å². The molecule has 2 aliphatic carbocycles. The standard InChI is InChI=1S/C41H61NO3/c42-29-26-36(37(31-40(44)45)32-41(27-11-4-12-28-41)38-19-9-3-10-20-38)25-24-34(23-22-33-14-5-1-6-15-33)18-13-21-39(43)30-35-16-7-2-8-17-35/h1,3,5-6,9-10,13-15,19-21,34-37,39,43H,2,4,7-8,11-12,16-18,22-32,42H2,(H,44,45)/b21-13-/t34-,36-,37+,39-/m0/s1. The Kier molecular flexibility index (Phi) is 15.2. The number of nitrogens with two attached hydrogens (primary N) is 1. The maximum Gasteiger partial charge on any atom is 0.303 e. The first-order valence-electron chi connectivity index (χ1n) is 18.3. The Bertz CT molecular complexity index is 1100. The van der Waals surface area contributed by atoms with Crippen LogP contribution in [0.4, 0.5) is 0 Å². The third-order valence-corrected chi connectivity index (χ3v) is 11.2. The van der Waals surface area contributed by atoms with E-state index in [-0.39, 0.29) is 23.9 Å². The highest BCUT2D eigenvalue weighted by Gasteiger charge is 2.38. The lowest BCUT2D eigenvalue weighted by Gasteiger charge is -2.42. The van der Waals surface area contributed by atoms with Gasteiger partial charge in [-0.25, -0.2) is 0 Å². The molecule has 4 atom stereocenters. The van der Waals surface area contributed by atoms with Gasteiger partial charge in [0.2, 0.25) is 0 Å². The van der Waals surface area contributed by atoms with Crippen LogP contribution >= 0.6 is 0 Å². The topological polar surface area (TPSA) is 83.5 Å². The van der Waals surface area contributed by atoms with Crippen molar-refractivity contribution in [3.63, 3.8) is 0 Å². The number of carboxylic acids is 1. The van der Waals surface area contributed by atoms with Crippen molar-refractivity contribution in [3.8, 4) is 0 Å². The molecule has 4 rings (SSSR count). The Morgan fingerprint density at radius 1 is 0.844 bits per heavy atom. The van der Waals surface area contributed by atoms with E-state index in [1.54, 1.807) is 0 Å².